The highest BCUT2D eigenvalue weighted by molar-refractivity contribution is 6.32. The molecule has 0 saturated heterocycles. The molecule has 0 spiro atoms. The summed E-state index contributed by atoms with van der Waals surface area (Å²) in [5.74, 6) is 0.491. The number of aliphatic hydroxyl groups is 1. The third-order valence-corrected chi connectivity index (χ3v) is 5.12. The lowest BCUT2D eigenvalue weighted by atomic mass is 10.1. The quantitative estimate of drug-likeness (QED) is 0.451. The molecule has 0 radical (unpaired) electrons. The first-order valence-corrected chi connectivity index (χ1v) is 10.1. The van der Waals surface area contributed by atoms with Crippen LogP contribution in [0.1, 0.15) is 5.56 Å². The lowest BCUT2D eigenvalue weighted by Gasteiger charge is -2.14. The van der Waals surface area contributed by atoms with Crippen LogP contribution in [0.25, 0.3) is 17.0 Å². The minimum Gasteiger partial charge on any atom is -0.395 e. The van der Waals surface area contributed by atoms with E-state index in [1.54, 1.807) is 6.20 Å². The summed E-state index contributed by atoms with van der Waals surface area (Å²) in [5, 5.41) is 12.6. The van der Waals surface area contributed by atoms with Gasteiger partial charge in [-0.2, -0.15) is 0 Å². The number of hydrogen-bond donors (Lipinski definition) is 2. The molecule has 0 aliphatic carbocycles. The van der Waals surface area contributed by atoms with Gasteiger partial charge in [-0.15, -0.1) is 0 Å². The molecule has 0 atom stereocenters. The average molecular weight is 423 g/mol. The Hall–Kier alpha value is -3.00. The van der Waals surface area contributed by atoms with Gasteiger partial charge >= 0.3 is 0 Å². The molecule has 0 saturated carbocycles. The second kappa shape index (κ2) is 9.21. The molecule has 3 heterocycles. The summed E-state index contributed by atoms with van der Waals surface area (Å²) < 4.78 is 1.91. The summed E-state index contributed by atoms with van der Waals surface area (Å²) in [5.41, 5.74) is 4.34. The van der Waals surface area contributed by atoms with E-state index in [4.69, 9.17) is 16.7 Å². The Balaban J connectivity index is 1.49. The van der Waals surface area contributed by atoms with Gasteiger partial charge in [0.15, 0.2) is 5.15 Å². The zero-order chi connectivity index (χ0) is 20.9. The van der Waals surface area contributed by atoms with Crippen LogP contribution in [0.2, 0.25) is 5.15 Å². The Labute approximate surface area is 180 Å². The molecule has 0 aliphatic rings. The molecule has 3 aromatic heterocycles. The van der Waals surface area contributed by atoms with Gasteiger partial charge in [-0.1, -0.05) is 29.8 Å². The first-order valence-electron chi connectivity index (χ1n) is 9.75. The van der Waals surface area contributed by atoms with E-state index in [-0.39, 0.29) is 6.61 Å². The van der Waals surface area contributed by atoms with Crippen LogP contribution in [0, 0.1) is 0 Å². The van der Waals surface area contributed by atoms with E-state index < -0.39 is 0 Å². The molecule has 7 nitrogen and oxygen atoms in total. The van der Waals surface area contributed by atoms with E-state index in [0.29, 0.717) is 23.3 Å². The number of rotatable bonds is 8. The summed E-state index contributed by atoms with van der Waals surface area (Å²) in [4.78, 5) is 15.4. The van der Waals surface area contributed by atoms with Gasteiger partial charge in [-0.3, -0.25) is 4.40 Å². The maximum absolute atomic E-state index is 8.98. The third-order valence-electron chi connectivity index (χ3n) is 4.86. The van der Waals surface area contributed by atoms with Crippen LogP contribution < -0.4 is 5.32 Å². The topological polar surface area (TPSA) is 78.6 Å². The number of halogens is 1. The van der Waals surface area contributed by atoms with Gasteiger partial charge in [0.1, 0.15) is 11.3 Å². The van der Waals surface area contributed by atoms with E-state index in [0.717, 1.165) is 30.0 Å². The number of aromatic nitrogens is 4. The van der Waals surface area contributed by atoms with Crippen molar-refractivity contribution >= 4 is 28.9 Å². The number of fused-ring (bicyclic) bond motifs is 1. The largest absolute Gasteiger partial charge is 0.395 e. The number of anilines is 2. The number of aliphatic hydroxyl groups excluding tert-OH is 1. The molecule has 0 unspecified atom stereocenters. The van der Waals surface area contributed by atoms with Crippen molar-refractivity contribution in [3.8, 4) is 11.4 Å². The highest BCUT2D eigenvalue weighted by Gasteiger charge is 2.14. The average Bonchev–Trinajstić information content (AvgIpc) is 3.09. The second-order valence-corrected chi connectivity index (χ2v) is 7.40. The van der Waals surface area contributed by atoms with Crippen LogP contribution in [0.15, 0.2) is 60.9 Å². The van der Waals surface area contributed by atoms with Crippen LogP contribution >= 0.6 is 11.6 Å². The van der Waals surface area contributed by atoms with Crippen LogP contribution in [-0.4, -0.2) is 56.1 Å². The van der Waals surface area contributed by atoms with Crippen molar-refractivity contribution in [2.75, 3.05) is 32.1 Å². The Morgan fingerprint density at radius 3 is 2.70 bits per heavy atom. The maximum atomic E-state index is 8.98. The van der Waals surface area contributed by atoms with Crippen molar-refractivity contribution in [1.29, 1.82) is 0 Å². The summed E-state index contributed by atoms with van der Waals surface area (Å²) in [6.45, 7) is 1.76. The SMILES string of the molecule is CN(CCO)CCc1ccc(Nc2nccc(-c3c(Cl)nc4ccccn34)n2)cc1. The molecule has 0 amide bonds. The number of hydrogen-bond acceptors (Lipinski definition) is 6. The molecule has 154 valence electrons. The van der Waals surface area contributed by atoms with Crippen molar-refractivity contribution in [3.63, 3.8) is 0 Å². The highest BCUT2D eigenvalue weighted by atomic mass is 35.5. The van der Waals surface area contributed by atoms with Crippen LogP contribution in [-0.2, 0) is 6.42 Å². The molecule has 0 bridgehead atoms. The number of likely N-dealkylation sites (N-methyl/N-ethyl adjacent to an activating group) is 1. The van der Waals surface area contributed by atoms with Gasteiger partial charge in [-0.25, -0.2) is 15.0 Å². The molecule has 2 N–H and O–H groups in total. The monoisotopic (exact) mass is 422 g/mol. The maximum Gasteiger partial charge on any atom is 0.227 e. The van der Waals surface area contributed by atoms with Crippen molar-refractivity contribution in [2.24, 2.45) is 0 Å². The summed E-state index contributed by atoms with van der Waals surface area (Å²) >= 11 is 6.37. The molecule has 1 aromatic carbocycles. The molecular weight excluding hydrogens is 400 g/mol. The number of nitrogens with zero attached hydrogens (tertiary/aromatic N) is 5. The number of benzene rings is 1. The standard InChI is InChI=1S/C22H23ClN6O/c1-28(14-15-30)13-10-16-5-7-17(8-6-16)25-22-24-11-9-18(26-22)20-21(23)27-19-4-2-3-12-29(19)20/h2-9,11-12,30H,10,13-15H2,1H3,(H,24,25,26). The zero-order valence-electron chi connectivity index (χ0n) is 16.7. The first-order chi connectivity index (χ1) is 14.6. The van der Waals surface area contributed by atoms with E-state index >= 15 is 0 Å². The van der Waals surface area contributed by atoms with Gasteiger partial charge in [0.05, 0.1) is 12.3 Å². The first kappa shape index (κ1) is 20.3. The minimum absolute atomic E-state index is 0.179. The predicted octanol–water partition coefficient (Wildman–Crippen LogP) is 3.65. The summed E-state index contributed by atoms with van der Waals surface area (Å²) in [6, 6.07) is 15.8. The fraction of sp³-hybridized carbons (Fsp3) is 0.227. The fourth-order valence-electron chi connectivity index (χ4n) is 3.23. The van der Waals surface area contributed by atoms with Gasteiger partial charge < -0.3 is 15.3 Å². The fourth-order valence-corrected chi connectivity index (χ4v) is 3.51. The lowest BCUT2D eigenvalue weighted by Crippen LogP contribution is -2.24. The van der Waals surface area contributed by atoms with Crippen molar-refractivity contribution < 1.29 is 5.11 Å². The van der Waals surface area contributed by atoms with E-state index in [9.17, 15) is 0 Å². The Kier molecular flexibility index (Phi) is 6.23. The Morgan fingerprint density at radius 2 is 1.90 bits per heavy atom. The van der Waals surface area contributed by atoms with Crippen LogP contribution in [0.3, 0.4) is 0 Å². The summed E-state index contributed by atoms with van der Waals surface area (Å²) in [7, 11) is 2.01. The molecule has 4 aromatic rings. The Bertz CT molecular complexity index is 1130. The lowest BCUT2D eigenvalue weighted by molar-refractivity contribution is 0.223. The third kappa shape index (κ3) is 4.59. The normalized spacial score (nSPS) is 11.3. The highest BCUT2D eigenvalue weighted by Crippen LogP contribution is 2.28. The number of nitrogens with one attached hydrogen (secondary N) is 1. The molecule has 30 heavy (non-hydrogen) atoms. The van der Waals surface area contributed by atoms with E-state index in [2.05, 4.69) is 37.3 Å². The molecular formula is C22H23ClN6O. The van der Waals surface area contributed by atoms with E-state index in [1.165, 1.54) is 5.56 Å². The smallest absolute Gasteiger partial charge is 0.227 e. The van der Waals surface area contributed by atoms with Crippen LogP contribution in [0.4, 0.5) is 11.6 Å². The molecule has 0 fully saturated rings. The number of pyridine rings is 1. The second-order valence-electron chi connectivity index (χ2n) is 7.04. The van der Waals surface area contributed by atoms with Gasteiger partial charge in [0.2, 0.25) is 5.95 Å². The van der Waals surface area contributed by atoms with E-state index in [1.807, 2.05) is 54.0 Å². The van der Waals surface area contributed by atoms with Gasteiger partial charge in [0.25, 0.3) is 0 Å². The number of imidazole rings is 1. The minimum atomic E-state index is 0.179. The molecule has 0 aliphatic heterocycles. The van der Waals surface area contributed by atoms with Crippen molar-refractivity contribution in [1.82, 2.24) is 24.3 Å². The van der Waals surface area contributed by atoms with Gasteiger partial charge in [-0.05, 0) is 49.4 Å². The van der Waals surface area contributed by atoms with Gasteiger partial charge in [0, 0.05) is 31.2 Å². The molecule has 4 rings (SSSR count). The van der Waals surface area contributed by atoms with Crippen LogP contribution in [0.5, 0.6) is 0 Å². The van der Waals surface area contributed by atoms with Crippen molar-refractivity contribution in [3.05, 3.63) is 71.6 Å². The summed E-state index contributed by atoms with van der Waals surface area (Å²) in [6.07, 6.45) is 4.54. The van der Waals surface area contributed by atoms with Crippen molar-refractivity contribution in [2.45, 2.75) is 6.42 Å². The Morgan fingerprint density at radius 1 is 1.07 bits per heavy atom. The predicted molar refractivity (Wildman–Crippen MR) is 119 cm³/mol. The molecule has 8 heteroatoms. The zero-order valence-corrected chi connectivity index (χ0v) is 17.4.